The Labute approximate surface area is 198 Å². The Bertz CT molecular complexity index is 1250. The molecule has 0 saturated heterocycles. The molecule has 5 nitrogen and oxygen atoms in total. The average Bonchev–Trinajstić information content (AvgIpc) is 3.19. The molecule has 4 rings (SSSR count). The molecule has 0 saturated carbocycles. The van der Waals surface area contributed by atoms with Crippen LogP contribution in [0.2, 0.25) is 0 Å². The fraction of sp³-hybridized carbons (Fsp3) is 0.261. The van der Waals surface area contributed by atoms with Crippen molar-refractivity contribution in [3.05, 3.63) is 84.8 Å². The number of pyridine rings is 2. The van der Waals surface area contributed by atoms with Gasteiger partial charge in [-0.25, -0.2) is 14.1 Å². The van der Waals surface area contributed by atoms with Gasteiger partial charge in [-0.2, -0.15) is 0 Å². The van der Waals surface area contributed by atoms with E-state index in [0.717, 1.165) is 54.0 Å². The molecule has 0 aliphatic heterocycles. The summed E-state index contributed by atoms with van der Waals surface area (Å²) in [5, 5.41) is 1.11. The van der Waals surface area contributed by atoms with Crippen LogP contribution >= 0.6 is 7.81 Å². The van der Waals surface area contributed by atoms with Crippen molar-refractivity contribution in [2.75, 3.05) is 6.61 Å². The van der Waals surface area contributed by atoms with Crippen LogP contribution in [-0.4, -0.2) is 21.1 Å². The molecule has 3 heterocycles. The summed E-state index contributed by atoms with van der Waals surface area (Å²) < 4.78 is 69.4. The van der Waals surface area contributed by atoms with Crippen molar-refractivity contribution in [1.29, 1.82) is 0 Å². The fourth-order valence-corrected chi connectivity index (χ4v) is 3.18. The molecule has 35 heavy (non-hydrogen) atoms. The average molecular weight is 518 g/mol. The van der Waals surface area contributed by atoms with Gasteiger partial charge in [0.05, 0.1) is 18.0 Å². The molecular formula is C23H25F6N4OP. The van der Waals surface area contributed by atoms with Crippen molar-refractivity contribution < 1.29 is 34.5 Å². The third-order valence-corrected chi connectivity index (χ3v) is 4.66. The molecule has 190 valence electrons. The summed E-state index contributed by atoms with van der Waals surface area (Å²) in [4.78, 5) is 9.26. The van der Waals surface area contributed by atoms with Crippen molar-refractivity contribution in [3.63, 3.8) is 0 Å². The molecule has 0 bridgehead atoms. The topological polar surface area (TPSA) is 43.8 Å². The third-order valence-electron chi connectivity index (χ3n) is 4.66. The van der Waals surface area contributed by atoms with E-state index in [1.54, 1.807) is 0 Å². The van der Waals surface area contributed by atoms with Crippen LogP contribution in [-0.2, 0) is 13.1 Å². The molecule has 0 amide bonds. The van der Waals surface area contributed by atoms with Crippen molar-refractivity contribution in [2.24, 2.45) is 0 Å². The number of hydrogen-bond acceptors (Lipinski definition) is 3. The second kappa shape index (κ2) is 9.81. The van der Waals surface area contributed by atoms with Crippen molar-refractivity contribution >= 4 is 18.7 Å². The van der Waals surface area contributed by atoms with Gasteiger partial charge in [0.1, 0.15) is 36.7 Å². The number of para-hydroxylation sites is 1. The van der Waals surface area contributed by atoms with E-state index in [0.29, 0.717) is 6.54 Å². The van der Waals surface area contributed by atoms with Crippen LogP contribution in [0.3, 0.4) is 0 Å². The van der Waals surface area contributed by atoms with E-state index >= 15 is 0 Å². The van der Waals surface area contributed by atoms with Gasteiger partial charge in [0.2, 0.25) is 6.33 Å². The fourth-order valence-electron chi connectivity index (χ4n) is 3.18. The van der Waals surface area contributed by atoms with E-state index in [1.165, 1.54) is 0 Å². The van der Waals surface area contributed by atoms with Crippen molar-refractivity contribution in [3.8, 4) is 5.75 Å². The minimum absolute atomic E-state index is 0.717. The number of aromatic nitrogens is 4. The number of nitrogens with zero attached hydrogens (tertiary/aromatic N) is 4. The first-order chi connectivity index (χ1) is 16.3. The number of hydrogen-bond donors (Lipinski definition) is 0. The number of fused-ring (bicyclic) bond motifs is 1. The molecule has 0 aliphatic rings. The van der Waals surface area contributed by atoms with Gasteiger partial charge in [-0.15, -0.1) is 0 Å². The molecule has 0 spiro atoms. The first-order valence-electron chi connectivity index (χ1n) is 10.8. The SMILES string of the molecule is CCCCOc1cccc2ccc(C[n+]3ccn(Cc4ccccn4)c3)nc12.F[P-](F)(F)(F)(F)F. The van der Waals surface area contributed by atoms with Gasteiger partial charge < -0.3 is 4.74 Å². The second-order valence-electron chi connectivity index (χ2n) is 7.87. The normalized spacial score (nSPS) is 13.5. The molecule has 0 fully saturated rings. The molecule has 0 N–H and O–H groups in total. The van der Waals surface area contributed by atoms with Gasteiger partial charge in [0.15, 0.2) is 0 Å². The van der Waals surface area contributed by atoms with Crippen LogP contribution in [0, 0.1) is 0 Å². The molecule has 12 heteroatoms. The number of ether oxygens (including phenoxy) is 1. The van der Waals surface area contributed by atoms with Crippen LogP contribution in [0.15, 0.2) is 73.4 Å². The predicted molar refractivity (Wildman–Crippen MR) is 123 cm³/mol. The van der Waals surface area contributed by atoms with Crippen LogP contribution in [0.4, 0.5) is 25.2 Å². The molecule has 4 aromatic rings. The van der Waals surface area contributed by atoms with Crippen LogP contribution in [0.25, 0.3) is 10.9 Å². The maximum absolute atomic E-state index is 10.7. The predicted octanol–water partition coefficient (Wildman–Crippen LogP) is 7.38. The van der Waals surface area contributed by atoms with Gasteiger partial charge >= 0.3 is 33.0 Å². The standard InChI is InChI=1S/C23H25N4O.F6P/c1-2-3-15-28-22-9-6-7-19-10-11-21(25-23(19)22)17-27-14-13-26(18-27)16-20-8-4-5-12-24-20;1-7(2,3,4,5)6/h4-14,18H,2-3,15-17H2,1H3;/q+1;-1. The molecule has 3 aromatic heterocycles. The Kier molecular flexibility index (Phi) is 7.40. The number of unbranched alkanes of at least 4 members (excludes halogenated alkanes) is 1. The van der Waals surface area contributed by atoms with E-state index in [2.05, 4.69) is 58.0 Å². The number of benzene rings is 1. The first-order valence-corrected chi connectivity index (χ1v) is 12.8. The van der Waals surface area contributed by atoms with E-state index in [9.17, 15) is 25.2 Å². The van der Waals surface area contributed by atoms with Gasteiger partial charge in [0, 0.05) is 11.6 Å². The Morgan fingerprint density at radius 2 is 1.71 bits per heavy atom. The Morgan fingerprint density at radius 1 is 0.943 bits per heavy atom. The van der Waals surface area contributed by atoms with Gasteiger partial charge in [-0.05, 0) is 30.7 Å². The zero-order chi connectivity index (χ0) is 25.6. The summed E-state index contributed by atoms with van der Waals surface area (Å²) in [5.74, 6) is 0.866. The van der Waals surface area contributed by atoms with Gasteiger partial charge in [0.25, 0.3) is 0 Å². The summed E-state index contributed by atoms with van der Waals surface area (Å²) in [6.07, 6.45) is 10.2. The molecule has 1 aromatic carbocycles. The van der Waals surface area contributed by atoms with E-state index < -0.39 is 7.81 Å². The first kappa shape index (κ1) is 26.4. The zero-order valence-electron chi connectivity index (χ0n) is 18.9. The van der Waals surface area contributed by atoms with E-state index in [-0.39, 0.29) is 0 Å². The maximum atomic E-state index is 9.87. The number of imidazole rings is 1. The molecule has 0 atom stereocenters. The molecule has 0 radical (unpaired) electrons. The minimum atomic E-state index is -10.7. The quantitative estimate of drug-likeness (QED) is 0.106. The molecular weight excluding hydrogens is 493 g/mol. The van der Waals surface area contributed by atoms with Crippen LogP contribution in [0.5, 0.6) is 5.75 Å². The summed E-state index contributed by atoms with van der Waals surface area (Å²) in [5.41, 5.74) is 2.99. The Hall–Kier alpha value is -3.20. The monoisotopic (exact) mass is 518 g/mol. The summed E-state index contributed by atoms with van der Waals surface area (Å²) in [6.45, 7) is 4.37. The summed E-state index contributed by atoms with van der Waals surface area (Å²) in [7, 11) is -10.7. The number of halogens is 6. The van der Waals surface area contributed by atoms with Gasteiger partial charge in [-0.1, -0.05) is 37.6 Å². The molecule has 0 unspecified atom stereocenters. The number of rotatable bonds is 8. The second-order valence-corrected chi connectivity index (χ2v) is 9.79. The van der Waals surface area contributed by atoms with Crippen LogP contribution < -0.4 is 9.30 Å². The zero-order valence-corrected chi connectivity index (χ0v) is 19.8. The Morgan fingerprint density at radius 3 is 2.40 bits per heavy atom. The summed E-state index contributed by atoms with van der Waals surface area (Å²) in [6, 6.07) is 16.3. The third kappa shape index (κ3) is 10.3. The van der Waals surface area contributed by atoms with Crippen molar-refractivity contribution in [2.45, 2.75) is 32.9 Å². The molecule has 0 aliphatic carbocycles. The summed E-state index contributed by atoms with van der Waals surface area (Å²) >= 11 is 0. The van der Waals surface area contributed by atoms with Crippen LogP contribution in [0.1, 0.15) is 31.2 Å². The van der Waals surface area contributed by atoms with Gasteiger partial charge in [-0.3, -0.25) is 4.98 Å². The van der Waals surface area contributed by atoms with Crippen molar-refractivity contribution in [1.82, 2.24) is 14.5 Å². The van der Waals surface area contributed by atoms with E-state index in [4.69, 9.17) is 9.72 Å². The Balaban J connectivity index is 0.000000429. The van der Waals surface area contributed by atoms with E-state index in [1.807, 2.05) is 36.5 Å².